The second-order valence-electron chi connectivity index (χ2n) is 8.95. The van der Waals surface area contributed by atoms with E-state index in [1.807, 2.05) is 17.9 Å². The van der Waals surface area contributed by atoms with Gasteiger partial charge in [-0.3, -0.25) is 9.69 Å². The van der Waals surface area contributed by atoms with Crippen molar-refractivity contribution in [1.82, 2.24) is 14.8 Å². The van der Waals surface area contributed by atoms with Crippen LogP contribution in [-0.4, -0.2) is 64.2 Å². The number of aryl methyl sites for hydroxylation is 1. The molecule has 34 heavy (non-hydrogen) atoms. The summed E-state index contributed by atoms with van der Waals surface area (Å²) in [6, 6.07) is 11.2. The Labute approximate surface area is 200 Å². The van der Waals surface area contributed by atoms with Gasteiger partial charge in [0.15, 0.2) is 5.88 Å². The highest BCUT2D eigenvalue weighted by Crippen LogP contribution is 2.23. The van der Waals surface area contributed by atoms with Crippen molar-refractivity contribution in [3.05, 3.63) is 64.7 Å². The summed E-state index contributed by atoms with van der Waals surface area (Å²) >= 11 is 0. The number of allylic oxidation sites excluding steroid dienone is 1. The number of carbonyl (C=O) groups is 1. The number of pyridine rings is 1. The average Bonchev–Trinajstić information content (AvgIpc) is 2.81. The van der Waals surface area contributed by atoms with E-state index in [4.69, 9.17) is 10.7 Å². The number of carbonyl (C=O) groups excluding carboxylic acids is 1. The Balaban J connectivity index is 1.34. The van der Waals surface area contributed by atoms with Gasteiger partial charge < -0.3 is 20.7 Å². The Morgan fingerprint density at radius 2 is 2.03 bits per heavy atom. The van der Waals surface area contributed by atoms with Crippen LogP contribution in [0, 0.1) is 23.7 Å². The molecule has 2 aliphatic heterocycles. The zero-order chi connectivity index (χ0) is 24.1. The number of anilines is 1. The number of nitrogens with one attached hydrogen (secondary N) is 2. The molecular formula is C26H30N6O2. The van der Waals surface area contributed by atoms with Gasteiger partial charge in [0.1, 0.15) is 5.82 Å². The van der Waals surface area contributed by atoms with Crippen LogP contribution < -0.4 is 5.32 Å². The van der Waals surface area contributed by atoms with Crippen molar-refractivity contribution in [3.8, 4) is 6.07 Å². The molecule has 0 saturated carbocycles. The highest BCUT2D eigenvalue weighted by atomic mass is 16.3. The van der Waals surface area contributed by atoms with E-state index in [0.29, 0.717) is 35.0 Å². The number of nitriles is 1. The molecule has 2 aromatic rings. The third kappa shape index (κ3) is 5.26. The quantitative estimate of drug-likeness (QED) is 0.432. The van der Waals surface area contributed by atoms with Gasteiger partial charge >= 0.3 is 0 Å². The predicted molar refractivity (Wildman–Crippen MR) is 132 cm³/mol. The molecule has 2 aliphatic rings. The molecule has 1 aromatic carbocycles. The largest absolute Gasteiger partial charge is 0.494 e. The van der Waals surface area contributed by atoms with Gasteiger partial charge in [-0.05, 0) is 67.7 Å². The number of rotatable bonds is 7. The van der Waals surface area contributed by atoms with E-state index in [2.05, 4.69) is 21.3 Å². The number of benzene rings is 1. The van der Waals surface area contributed by atoms with Crippen LogP contribution in [-0.2, 0) is 11.2 Å². The third-order valence-electron chi connectivity index (χ3n) is 6.59. The summed E-state index contributed by atoms with van der Waals surface area (Å²) in [5.41, 5.74) is 3.06. The van der Waals surface area contributed by atoms with Gasteiger partial charge in [0.2, 0.25) is 5.91 Å². The second kappa shape index (κ2) is 10.5. The van der Waals surface area contributed by atoms with Crippen LogP contribution in [0.2, 0.25) is 0 Å². The van der Waals surface area contributed by atoms with Gasteiger partial charge in [0.25, 0.3) is 0 Å². The first-order valence-corrected chi connectivity index (χ1v) is 11.7. The topological polar surface area (TPSA) is 116 Å². The van der Waals surface area contributed by atoms with Gasteiger partial charge in [-0.2, -0.15) is 5.26 Å². The lowest BCUT2D eigenvalue weighted by molar-refractivity contribution is -0.138. The number of aliphatic hydroxyl groups is 1. The molecule has 0 radical (unpaired) electrons. The molecule has 8 nitrogen and oxygen atoms in total. The lowest BCUT2D eigenvalue weighted by Gasteiger charge is -2.46. The fourth-order valence-electron chi connectivity index (χ4n) is 4.56. The number of aliphatic hydroxyl groups excluding tert-OH is 1. The molecule has 3 N–H and O–H groups in total. The molecule has 2 saturated heterocycles. The van der Waals surface area contributed by atoms with E-state index in [1.54, 1.807) is 30.5 Å². The van der Waals surface area contributed by atoms with E-state index in [1.165, 1.54) is 19.3 Å². The van der Waals surface area contributed by atoms with Crippen molar-refractivity contribution in [2.24, 2.45) is 0 Å². The fraction of sp³-hybridized carbons (Fsp3) is 0.385. The Morgan fingerprint density at radius 3 is 2.65 bits per heavy atom. The number of nitrogens with zero attached hydrogens (tertiary/aromatic N) is 4. The summed E-state index contributed by atoms with van der Waals surface area (Å²) in [4.78, 5) is 21.4. The number of amides is 1. The summed E-state index contributed by atoms with van der Waals surface area (Å²) in [6.07, 6.45) is 6.83. The maximum atomic E-state index is 12.6. The van der Waals surface area contributed by atoms with E-state index in [9.17, 15) is 9.90 Å². The number of hydrogen-bond donors (Lipinski definition) is 3. The minimum absolute atomic E-state index is 0.112. The normalized spacial score (nSPS) is 17.4. The lowest BCUT2D eigenvalue weighted by atomic mass is 9.99. The van der Waals surface area contributed by atoms with Crippen LogP contribution in [0.1, 0.15) is 41.5 Å². The molecule has 2 fully saturated rings. The van der Waals surface area contributed by atoms with E-state index >= 15 is 0 Å². The average molecular weight is 459 g/mol. The van der Waals surface area contributed by atoms with Crippen LogP contribution in [0.5, 0.6) is 0 Å². The molecule has 0 atom stereocenters. The smallest absolute Gasteiger partial charge is 0.227 e. The molecule has 3 heterocycles. The lowest BCUT2D eigenvalue weighted by Crippen LogP contribution is -2.62. The summed E-state index contributed by atoms with van der Waals surface area (Å²) in [5.74, 6) is 0.317. The molecule has 1 amide bonds. The predicted octanol–water partition coefficient (Wildman–Crippen LogP) is 3.49. The van der Waals surface area contributed by atoms with Crippen molar-refractivity contribution in [2.45, 2.75) is 38.6 Å². The Morgan fingerprint density at radius 1 is 1.26 bits per heavy atom. The van der Waals surface area contributed by atoms with Crippen molar-refractivity contribution in [2.75, 3.05) is 31.5 Å². The molecule has 176 valence electrons. The first-order chi connectivity index (χ1) is 16.5. The first-order valence-electron chi connectivity index (χ1n) is 11.7. The second-order valence-corrected chi connectivity index (χ2v) is 8.95. The summed E-state index contributed by atoms with van der Waals surface area (Å²) < 4.78 is 0. The summed E-state index contributed by atoms with van der Waals surface area (Å²) in [7, 11) is 0. The van der Waals surface area contributed by atoms with Crippen molar-refractivity contribution < 1.29 is 9.90 Å². The highest BCUT2D eigenvalue weighted by molar-refractivity contribution is 6.10. The molecule has 0 bridgehead atoms. The van der Waals surface area contributed by atoms with Crippen LogP contribution in [0.15, 0.2) is 42.4 Å². The van der Waals surface area contributed by atoms with Gasteiger partial charge in [-0.1, -0.05) is 18.6 Å². The fourth-order valence-corrected chi connectivity index (χ4v) is 4.56. The van der Waals surface area contributed by atoms with E-state index in [0.717, 1.165) is 43.5 Å². The van der Waals surface area contributed by atoms with Crippen molar-refractivity contribution >= 4 is 23.5 Å². The monoisotopic (exact) mass is 458 g/mol. The third-order valence-corrected chi connectivity index (χ3v) is 6.59. The van der Waals surface area contributed by atoms with Crippen LogP contribution in [0.4, 0.5) is 5.82 Å². The molecule has 0 unspecified atom stereocenters. The Kier molecular flexibility index (Phi) is 7.24. The van der Waals surface area contributed by atoms with Gasteiger partial charge in [-0.25, -0.2) is 4.98 Å². The number of hydrogen-bond acceptors (Lipinski definition) is 7. The van der Waals surface area contributed by atoms with Crippen LogP contribution in [0.3, 0.4) is 0 Å². The van der Waals surface area contributed by atoms with E-state index < -0.39 is 0 Å². The van der Waals surface area contributed by atoms with Gasteiger partial charge in [-0.15, -0.1) is 0 Å². The maximum Gasteiger partial charge on any atom is 0.227 e. The molecule has 8 heteroatoms. The van der Waals surface area contributed by atoms with Crippen LogP contribution in [0.25, 0.3) is 5.57 Å². The zero-order valence-electron chi connectivity index (χ0n) is 19.4. The summed E-state index contributed by atoms with van der Waals surface area (Å²) in [5, 5.41) is 30.2. The molecule has 4 rings (SSSR count). The van der Waals surface area contributed by atoms with Crippen LogP contribution >= 0.6 is 0 Å². The maximum absolute atomic E-state index is 12.6. The minimum atomic E-state index is -0.205. The first kappa shape index (κ1) is 23.5. The standard InChI is InChI=1S/C26H30N6O2/c1-18-11-19(13-27)5-7-22(18)23(14-28)26(34)30-24-8-6-20(15-29-24)12-25(33)32-16-21(17-32)31-9-3-2-4-10-31/h5-8,11,14-15,21,28,34H,2-4,9-10,12,16-17H2,1H3,(H,29,30)/b26-23-,28-14?. The number of piperidine rings is 1. The SMILES string of the molecule is Cc1cc(C#N)ccc1/C(C=N)=C(\O)Nc1ccc(CC(=O)N2CC(N3CCCCC3)C2)cn1. The molecule has 0 aliphatic carbocycles. The Hall–Kier alpha value is -3.70. The Bertz CT molecular complexity index is 1120. The van der Waals surface area contributed by atoms with Crippen molar-refractivity contribution in [1.29, 1.82) is 10.7 Å². The van der Waals surface area contributed by atoms with Gasteiger partial charge in [0, 0.05) is 31.5 Å². The minimum Gasteiger partial charge on any atom is -0.494 e. The molecular weight excluding hydrogens is 428 g/mol. The molecule has 1 aromatic heterocycles. The van der Waals surface area contributed by atoms with E-state index in [-0.39, 0.29) is 11.8 Å². The zero-order valence-corrected chi connectivity index (χ0v) is 19.4. The number of likely N-dealkylation sites (tertiary alicyclic amines) is 2. The molecule has 0 spiro atoms. The van der Waals surface area contributed by atoms with Crippen molar-refractivity contribution in [3.63, 3.8) is 0 Å². The summed E-state index contributed by atoms with van der Waals surface area (Å²) in [6.45, 7) is 5.75. The number of aromatic nitrogens is 1. The highest BCUT2D eigenvalue weighted by Gasteiger charge is 2.34. The van der Waals surface area contributed by atoms with Gasteiger partial charge in [0.05, 0.1) is 23.6 Å².